The van der Waals surface area contributed by atoms with Gasteiger partial charge in [0.1, 0.15) is 11.3 Å². The number of aromatic hydroxyl groups is 1. The number of phenolic OH excluding ortho intramolecular Hbond substituents is 1. The molecule has 2 aliphatic rings. The van der Waals surface area contributed by atoms with E-state index in [0.29, 0.717) is 23.3 Å². The Morgan fingerprint density at radius 2 is 1.37 bits per heavy atom. The highest BCUT2D eigenvalue weighted by molar-refractivity contribution is 5.93. The van der Waals surface area contributed by atoms with Crippen LogP contribution in [0.5, 0.6) is 5.75 Å². The highest BCUT2D eigenvalue weighted by atomic mass is 16.3. The minimum absolute atomic E-state index is 0.206. The van der Waals surface area contributed by atoms with Crippen LogP contribution >= 0.6 is 0 Å². The second-order valence-corrected chi connectivity index (χ2v) is 14.9. The number of oxazole rings is 1. The van der Waals surface area contributed by atoms with Crippen molar-refractivity contribution in [2.45, 2.75) is 95.3 Å². The number of rotatable bonds is 7. The Morgan fingerprint density at radius 1 is 0.653 bits per heavy atom. The van der Waals surface area contributed by atoms with Crippen LogP contribution in [0, 0.1) is 0 Å². The molecule has 2 aromatic heterocycles. The van der Waals surface area contributed by atoms with Gasteiger partial charge >= 0.3 is 0 Å². The first-order valence-corrected chi connectivity index (χ1v) is 18.4. The van der Waals surface area contributed by atoms with Crippen LogP contribution in [0.15, 0.2) is 108 Å². The summed E-state index contributed by atoms with van der Waals surface area (Å²) < 4.78 is 6.43. The van der Waals surface area contributed by atoms with E-state index in [2.05, 4.69) is 98.8 Å². The molecule has 0 radical (unpaired) electrons. The first kappa shape index (κ1) is 31.6. The van der Waals surface area contributed by atoms with Crippen molar-refractivity contribution in [2.75, 3.05) is 0 Å². The summed E-state index contributed by atoms with van der Waals surface area (Å²) in [6.07, 6.45) is 14.4. The molecule has 49 heavy (non-hydrogen) atoms. The lowest BCUT2D eigenvalue weighted by molar-refractivity contribution is 0.441. The minimum atomic E-state index is -0.235. The largest absolute Gasteiger partial charge is 0.507 e. The monoisotopic (exact) mass is 646 g/mol. The van der Waals surface area contributed by atoms with E-state index in [-0.39, 0.29) is 11.2 Å². The van der Waals surface area contributed by atoms with Crippen molar-refractivity contribution in [3.05, 3.63) is 126 Å². The molecule has 2 saturated carbocycles. The highest BCUT2D eigenvalue weighted by Gasteiger charge is 2.28. The Hall–Kier alpha value is -4.70. The zero-order chi connectivity index (χ0) is 33.4. The van der Waals surface area contributed by atoms with Crippen molar-refractivity contribution in [3.8, 4) is 39.6 Å². The quantitative estimate of drug-likeness (QED) is 0.187. The summed E-state index contributed by atoms with van der Waals surface area (Å²) >= 11 is 0. The smallest absolute Gasteiger partial charge is 0.231 e. The van der Waals surface area contributed by atoms with E-state index in [1.165, 1.54) is 86.5 Å². The maximum atomic E-state index is 11.0. The normalized spacial score (nSPS) is 16.3. The third-order valence-corrected chi connectivity index (χ3v) is 11.3. The maximum absolute atomic E-state index is 11.0. The Kier molecular flexibility index (Phi) is 8.57. The highest BCUT2D eigenvalue weighted by Crippen LogP contribution is 2.43. The molecule has 0 spiro atoms. The lowest BCUT2D eigenvalue weighted by atomic mass is 9.76. The van der Waals surface area contributed by atoms with E-state index in [1.54, 1.807) is 0 Å². The molecule has 4 aromatic carbocycles. The van der Waals surface area contributed by atoms with E-state index in [4.69, 9.17) is 14.4 Å². The molecule has 0 saturated heterocycles. The van der Waals surface area contributed by atoms with Gasteiger partial charge in [0, 0.05) is 22.7 Å². The maximum Gasteiger partial charge on any atom is 0.231 e. The number of hydrogen-bond donors (Lipinski definition) is 1. The molecular formula is C45H46N2O2. The summed E-state index contributed by atoms with van der Waals surface area (Å²) in [5, 5.41) is 11.0. The molecule has 6 aromatic rings. The molecule has 0 bridgehead atoms. The van der Waals surface area contributed by atoms with E-state index in [1.807, 2.05) is 18.3 Å². The molecule has 2 fully saturated rings. The number of pyridine rings is 1. The number of benzene rings is 4. The third-order valence-electron chi connectivity index (χ3n) is 11.3. The number of nitrogens with zero attached hydrogens (tertiary/aromatic N) is 2. The van der Waals surface area contributed by atoms with E-state index in [9.17, 15) is 5.11 Å². The van der Waals surface area contributed by atoms with E-state index < -0.39 is 0 Å². The Morgan fingerprint density at radius 3 is 2.12 bits per heavy atom. The van der Waals surface area contributed by atoms with Crippen molar-refractivity contribution in [3.63, 3.8) is 0 Å². The summed E-state index contributed by atoms with van der Waals surface area (Å²) in [5.74, 6) is 1.72. The van der Waals surface area contributed by atoms with Gasteiger partial charge < -0.3 is 9.52 Å². The van der Waals surface area contributed by atoms with Gasteiger partial charge in [-0.25, -0.2) is 4.98 Å². The topological polar surface area (TPSA) is 59.2 Å². The van der Waals surface area contributed by atoms with Gasteiger partial charge in [-0.2, -0.15) is 0 Å². The molecule has 0 unspecified atom stereocenters. The van der Waals surface area contributed by atoms with Gasteiger partial charge in [-0.15, -0.1) is 0 Å². The van der Waals surface area contributed by atoms with Crippen molar-refractivity contribution < 1.29 is 9.52 Å². The van der Waals surface area contributed by atoms with Crippen LogP contribution in [0.2, 0.25) is 0 Å². The first-order chi connectivity index (χ1) is 24.0. The summed E-state index contributed by atoms with van der Waals surface area (Å²) in [6, 6.07) is 34.3. The summed E-state index contributed by atoms with van der Waals surface area (Å²) in [7, 11) is 0. The lowest BCUT2D eigenvalue weighted by Crippen LogP contribution is -2.20. The molecule has 0 amide bonds. The number of hydrogen-bond acceptors (Lipinski definition) is 4. The molecule has 0 aliphatic heterocycles. The van der Waals surface area contributed by atoms with Crippen LogP contribution in [0.3, 0.4) is 0 Å². The van der Waals surface area contributed by atoms with Crippen molar-refractivity contribution in [1.82, 2.24) is 9.97 Å². The van der Waals surface area contributed by atoms with E-state index >= 15 is 0 Å². The Labute approximate surface area is 290 Å². The molecule has 1 N–H and O–H groups in total. The predicted octanol–water partition coefficient (Wildman–Crippen LogP) is 12.4. The predicted molar refractivity (Wildman–Crippen MR) is 200 cm³/mol. The van der Waals surface area contributed by atoms with Gasteiger partial charge in [-0.1, -0.05) is 113 Å². The Balaban J connectivity index is 1.26. The number of fused-ring (bicyclic) bond motifs is 1. The second kappa shape index (κ2) is 13.3. The molecule has 4 heteroatoms. The van der Waals surface area contributed by atoms with Crippen LogP contribution in [0.25, 0.3) is 44.9 Å². The minimum Gasteiger partial charge on any atom is -0.507 e. The second-order valence-electron chi connectivity index (χ2n) is 14.9. The zero-order valence-corrected chi connectivity index (χ0v) is 28.8. The van der Waals surface area contributed by atoms with Gasteiger partial charge in [0.2, 0.25) is 5.89 Å². The van der Waals surface area contributed by atoms with Gasteiger partial charge in [-0.05, 0) is 102 Å². The standard InChI is InChI=1S/C45H46N2O2/c1-45(2,36-18-10-5-11-19-36)39-21-13-25-46-42(39)35-27-33(31-16-8-4-9-17-31)26-34(28-35)37-20-12-22-41-43(37)47-44(49-41)38-29-32(23-24-40(38)48)30-14-6-3-7-15-30/h5,10-13,18-31,48H,3-4,6-9,14-17H2,1-2H3. The third kappa shape index (κ3) is 6.18. The molecule has 2 heterocycles. The van der Waals surface area contributed by atoms with Gasteiger partial charge in [0.15, 0.2) is 5.58 Å². The molecule has 2 aliphatic carbocycles. The van der Waals surface area contributed by atoms with Crippen LogP contribution < -0.4 is 0 Å². The lowest BCUT2D eigenvalue weighted by Gasteiger charge is -2.29. The van der Waals surface area contributed by atoms with Crippen LogP contribution in [-0.4, -0.2) is 15.1 Å². The fourth-order valence-corrected chi connectivity index (χ4v) is 8.48. The molecule has 4 nitrogen and oxygen atoms in total. The van der Waals surface area contributed by atoms with Gasteiger partial charge in [-0.3, -0.25) is 4.98 Å². The summed E-state index contributed by atoms with van der Waals surface area (Å²) in [4.78, 5) is 10.2. The number of para-hydroxylation sites is 1. The molecule has 0 atom stereocenters. The average molecular weight is 647 g/mol. The van der Waals surface area contributed by atoms with Gasteiger partial charge in [0.05, 0.1) is 11.3 Å². The zero-order valence-electron chi connectivity index (χ0n) is 28.8. The summed E-state index contributed by atoms with van der Waals surface area (Å²) in [5.41, 5.74) is 11.4. The molecule has 8 rings (SSSR count). The van der Waals surface area contributed by atoms with Gasteiger partial charge in [0.25, 0.3) is 0 Å². The number of phenols is 1. The molecular weight excluding hydrogens is 601 g/mol. The van der Waals surface area contributed by atoms with Crippen molar-refractivity contribution >= 4 is 11.1 Å². The summed E-state index contributed by atoms with van der Waals surface area (Å²) in [6.45, 7) is 4.59. The fraction of sp³-hybridized carbons (Fsp3) is 0.333. The van der Waals surface area contributed by atoms with E-state index in [0.717, 1.165) is 33.5 Å². The molecule has 248 valence electrons. The fourth-order valence-electron chi connectivity index (χ4n) is 8.48. The average Bonchev–Trinajstić information content (AvgIpc) is 3.60. The van der Waals surface area contributed by atoms with Crippen LogP contribution in [0.4, 0.5) is 0 Å². The van der Waals surface area contributed by atoms with Crippen LogP contribution in [0.1, 0.15) is 112 Å². The van der Waals surface area contributed by atoms with Crippen molar-refractivity contribution in [2.24, 2.45) is 0 Å². The Bertz CT molecular complexity index is 2080. The van der Waals surface area contributed by atoms with Crippen molar-refractivity contribution in [1.29, 1.82) is 0 Å². The number of aromatic nitrogens is 2. The van der Waals surface area contributed by atoms with Crippen LogP contribution in [-0.2, 0) is 5.41 Å². The first-order valence-electron chi connectivity index (χ1n) is 18.4. The SMILES string of the molecule is CC(C)(c1ccccc1)c1cccnc1-c1cc(-c2cccc3oc(-c4cc(C5CCCCC5)ccc4O)nc23)cc(C2CCCCC2)c1.